The third kappa shape index (κ3) is 6.30. The number of hydrogen-bond donors (Lipinski definition) is 1. The summed E-state index contributed by atoms with van der Waals surface area (Å²) < 4.78 is 24.6. The zero-order valence-corrected chi connectivity index (χ0v) is 9.52. The van der Waals surface area contributed by atoms with Crippen LogP contribution in [0.2, 0.25) is 0 Å². The Balaban J connectivity index is 3.81. The molecule has 0 aliphatic carbocycles. The van der Waals surface area contributed by atoms with E-state index in [9.17, 15) is 8.78 Å². The summed E-state index contributed by atoms with van der Waals surface area (Å²) in [7, 11) is 0. The quantitative estimate of drug-likeness (QED) is 0.641. The zero-order valence-electron chi connectivity index (χ0n) is 9.52. The van der Waals surface area contributed by atoms with Gasteiger partial charge in [0.1, 0.15) is 0 Å². The van der Waals surface area contributed by atoms with Crippen LogP contribution in [0.3, 0.4) is 0 Å². The Morgan fingerprint density at radius 1 is 1.07 bits per heavy atom. The highest BCUT2D eigenvalue weighted by Crippen LogP contribution is 2.10. The van der Waals surface area contributed by atoms with Crippen molar-refractivity contribution in [3.8, 4) is 0 Å². The molecular weight excluding hydrogens is 184 g/mol. The van der Waals surface area contributed by atoms with Crippen molar-refractivity contribution in [1.82, 2.24) is 5.32 Å². The highest BCUT2D eigenvalue weighted by atomic mass is 19.3. The second kappa shape index (κ2) is 8.16. The third-order valence-electron chi connectivity index (χ3n) is 2.42. The molecular formula is C11H23F2N. The first-order valence-electron chi connectivity index (χ1n) is 5.66. The summed E-state index contributed by atoms with van der Waals surface area (Å²) in [6, 6.07) is -0.410. The highest BCUT2D eigenvalue weighted by Gasteiger charge is 2.17. The molecule has 0 amide bonds. The lowest BCUT2D eigenvalue weighted by atomic mass is 10.0. The van der Waals surface area contributed by atoms with Gasteiger partial charge in [-0.3, -0.25) is 0 Å². The number of unbranched alkanes of at least 4 members (excludes halogenated alkanes) is 1. The standard InChI is InChI=1S/C11H23F2N/c1-4-6-8-10(7-5-2)14-9(3)11(12)13/h9-11,14H,4-8H2,1-3H3. The van der Waals surface area contributed by atoms with Crippen LogP contribution >= 0.6 is 0 Å². The fourth-order valence-corrected chi connectivity index (χ4v) is 1.55. The molecule has 3 heteroatoms. The molecule has 0 aromatic heterocycles. The second-order valence-electron chi connectivity index (χ2n) is 3.92. The summed E-state index contributed by atoms with van der Waals surface area (Å²) in [6.07, 6.45) is 3.06. The van der Waals surface area contributed by atoms with E-state index < -0.39 is 12.5 Å². The number of nitrogens with one attached hydrogen (secondary N) is 1. The highest BCUT2D eigenvalue weighted by molar-refractivity contribution is 4.72. The number of alkyl halides is 2. The van der Waals surface area contributed by atoms with Gasteiger partial charge >= 0.3 is 0 Å². The van der Waals surface area contributed by atoms with Gasteiger partial charge in [-0.1, -0.05) is 33.1 Å². The van der Waals surface area contributed by atoms with E-state index in [-0.39, 0.29) is 6.04 Å². The fraction of sp³-hybridized carbons (Fsp3) is 1.00. The summed E-state index contributed by atoms with van der Waals surface area (Å²) in [6.45, 7) is 5.77. The Bertz CT molecular complexity index is 128. The van der Waals surface area contributed by atoms with Crippen LogP contribution in [0.15, 0.2) is 0 Å². The SMILES string of the molecule is CCCCC(CCC)NC(C)C(F)F. The summed E-state index contributed by atoms with van der Waals surface area (Å²) in [4.78, 5) is 0. The minimum atomic E-state index is -2.25. The minimum Gasteiger partial charge on any atom is -0.306 e. The molecule has 0 bridgehead atoms. The first kappa shape index (κ1) is 13.8. The monoisotopic (exact) mass is 207 g/mol. The van der Waals surface area contributed by atoms with Gasteiger partial charge in [0.15, 0.2) is 0 Å². The van der Waals surface area contributed by atoms with Crippen LogP contribution in [0.25, 0.3) is 0 Å². The molecule has 1 nitrogen and oxygen atoms in total. The maximum absolute atomic E-state index is 12.3. The lowest BCUT2D eigenvalue weighted by Gasteiger charge is -2.22. The molecule has 86 valence electrons. The summed E-state index contributed by atoms with van der Waals surface area (Å²) in [5.41, 5.74) is 0. The van der Waals surface area contributed by atoms with Crippen LogP contribution in [-0.2, 0) is 0 Å². The average molecular weight is 207 g/mol. The topological polar surface area (TPSA) is 12.0 Å². The summed E-state index contributed by atoms with van der Waals surface area (Å²) >= 11 is 0. The molecule has 0 spiro atoms. The Kier molecular flexibility index (Phi) is 8.05. The van der Waals surface area contributed by atoms with Crippen molar-refractivity contribution in [1.29, 1.82) is 0 Å². The van der Waals surface area contributed by atoms with Crippen LogP contribution in [0.1, 0.15) is 52.9 Å². The fourth-order valence-electron chi connectivity index (χ4n) is 1.55. The Hall–Kier alpha value is -0.180. The van der Waals surface area contributed by atoms with Gasteiger partial charge in [-0.05, 0) is 19.8 Å². The number of halogens is 2. The van der Waals surface area contributed by atoms with E-state index in [0.717, 1.165) is 32.1 Å². The Morgan fingerprint density at radius 3 is 2.14 bits per heavy atom. The molecule has 0 aliphatic heterocycles. The van der Waals surface area contributed by atoms with Gasteiger partial charge in [0.05, 0.1) is 6.04 Å². The Morgan fingerprint density at radius 2 is 1.71 bits per heavy atom. The molecule has 0 aliphatic rings. The first-order valence-corrected chi connectivity index (χ1v) is 5.66. The van der Waals surface area contributed by atoms with E-state index in [0.29, 0.717) is 0 Å². The molecule has 1 N–H and O–H groups in total. The molecule has 0 fully saturated rings. The Labute approximate surface area is 86.3 Å². The second-order valence-corrected chi connectivity index (χ2v) is 3.92. The van der Waals surface area contributed by atoms with Crippen LogP contribution in [-0.4, -0.2) is 18.5 Å². The first-order chi connectivity index (χ1) is 6.61. The van der Waals surface area contributed by atoms with Gasteiger partial charge in [0.25, 0.3) is 6.43 Å². The van der Waals surface area contributed by atoms with Crippen molar-refractivity contribution >= 4 is 0 Å². The van der Waals surface area contributed by atoms with Gasteiger partial charge in [0.2, 0.25) is 0 Å². The maximum Gasteiger partial charge on any atom is 0.253 e. The summed E-state index contributed by atoms with van der Waals surface area (Å²) in [5.74, 6) is 0. The molecule has 2 atom stereocenters. The normalized spacial score (nSPS) is 15.9. The van der Waals surface area contributed by atoms with Gasteiger partial charge < -0.3 is 5.32 Å². The molecule has 14 heavy (non-hydrogen) atoms. The van der Waals surface area contributed by atoms with Crippen molar-refractivity contribution in [2.24, 2.45) is 0 Å². The van der Waals surface area contributed by atoms with Crippen LogP contribution in [0, 0.1) is 0 Å². The van der Waals surface area contributed by atoms with Gasteiger partial charge in [-0.2, -0.15) is 0 Å². The van der Waals surface area contributed by atoms with Crippen LogP contribution in [0.4, 0.5) is 8.78 Å². The molecule has 0 aromatic rings. The van der Waals surface area contributed by atoms with E-state index in [1.165, 1.54) is 0 Å². The third-order valence-corrected chi connectivity index (χ3v) is 2.42. The van der Waals surface area contributed by atoms with Gasteiger partial charge in [-0.15, -0.1) is 0 Å². The molecule has 0 saturated heterocycles. The number of rotatable bonds is 8. The molecule has 0 aromatic carbocycles. The summed E-state index contributed by atoms with van der Waals surface area (Å²) in [5, 5.41) is 3.00. The van der Waals surface area contributed by atoms with E-state index >= 15 is 0 Å². The molecule has 0 heterocycles. The molecule has 2 unspecified atom stereocenters. The molecule has 0 rings (SSSR count). The minimum absolute atomic E-state index is 0.268. The zero-order chi connectivity index (χ0) is 11.0. The van der Waals surface area contributed by atoms with E-state index in [2.05, 4.69) is 19.2 Å². The van der Waals surface area contributed by atoms with Gasteiger partial charge in [-0.25, -0.2) is 8.78 Å². The molecule has 0 radical (unpaired) electrons. The number of hydrogen-bond acceptors (Lipinski definition) is 1. The lowest BCUT2D eigenvalue weighted by molar-refractivity contribution is 0.0980. The van der Waals surface area contributed by atoms with E-state index in [1.807, 2.05) is 0 Å². The van der Waals surface area contributed by atoms with Crippen molar-refractivity contribution in [3.05, 3.63) is 0 Å². The van der Waals surface area contributed by atoms with Crippen molar-refractivity contribution in [3.63, 3.8) is 0 Å². The predicted molar refractivity (Wildman–Crippen MR) is 56.8 cm³/mol. The average Bonchev–Trinajstić information content (AvgIpc) is 2.14. The smallest absolute Gasteiger partial charge is 0.253 e. The maximum atomic E-state index is 12.3. The lowest BCUT2D eigenvalue weighted by Crippen LogP contribution is -2.40. The van der Waals surface area contributed by atoms with Gasteiger partial charge in [0, 0.05) is 6.04 Å². The van der Waals surface area contributed by atoms with E-state index in [4.69, 9.17) is 0 Å². The van der Waals surface area contributed by atoms with Crippen LogP contribution in [0.5, 0.6) is 0 Å². The van der Waals surface area contributed by atoms with Crippen molar-refractivity contribution in [2.45, 2.75) is 71.4 Å². The molecule has 0 saturated carbocycles. The van der Waals surface area contributed by atoms with E-state index in [1.54, 1.807) is 6.92 Å². The largest absolute Gasteiger partial charge is 0.306 e. The van der Waals surface area contributed by atoms with Crippen molar-refractivity contribution in [2.75, 3.05) is 0 Å². The predicted octanol–water partition coefficient (Wildman–Crippen LogP) is 3.59. The van der Waals surface area contributed by atoms with Crippen LogP contribution < -0.4 is 5.32 Å². The van der Waals surface area contributed by atoms with Crippen molar-refractivity contribution < 1.29 is 8.78 Å².